The molecule has 2 heterocycles. The molecule has 2 nitrogen and oxygen atoms in total. The minimum atomic E-state index is 0. The van der Waals surface area contributed by atoms with Crippen molar-refractivity contribution >= 4 is 23.3 Å². The summed E-state index contributed by atoms with van der Waals surface area (Å²) in [7, 11) is 0. The van der Waals surface area contributed by atoms with Gasteiger partial charge in [-0.25, -0.2) is 0 Å². The Morgan fingerprint density at radius 2 is 1.74 bits per heavy atom. The Morgan fingerprint density at radius 1 is 0.957 bits per heavy atom. The highest BCUT2D eigenvalue weighted by molar-refractivity contribution is 5.86. The van der Waals surface area contributed by atoms with E-state index in [2.05, 4.69) is 64.5 Å². The second-order valence-electron chi connectivity index (χ2n) is 6.11. The first-order valence-corrected chi connectivity index (χ1v) is 8.27. The van der Waals surface area contributed by atoms with E-state index in [1.54, 1.807) is 5.56 Å². The molecular formula is C20H23ClN2. The Balaban J connectivity index is 0.00000156. The van der Waals surface area contributed by atoms with Crippen molar-refractivity contribution < 1.29 is 0 Å². The molecule has 0 saturated heterocycles. The number of nitrogens with zero attached hydrogens (tertiary/aromatic N) is 1. The highest BCUT2D eigenvalue weighted by atomic mass is 35.5. The third kappa shape index (κ3) is 3.15. The van der Waals surface area contributed by atoms with Crippen LogP contribution in [0.2, 0.25) is 0 Å². The number of halogens is 1. The van der Waals surface area contributed by atoms with Gasteiger partial charge in [-0.05, 0) is 43.0 Å². The Morgan fingerprint density at radius 3 is 2.61 bits per heavy atom. The van der Waals surface area contributed by atoms with Gasteiger partial charge >= 0.3 is 0 Å². The van der Waals surface area contributed by atoms with Crippen LogP contribution in [0.3, 0.4) is 0 Å². The van der Waals surface area contributed by atoms with E-state index in [9.17, 15) is 0 Å². The number of hydrogen-bond acceptors (Lipinski definition) is 1. The lowest BCUT2D eigenvalue weighted by atomic mass is 10.0. The number of para-hydroxylation sites is 1. The first kappa shape index (κ1) is 16.1. The largest absolute Gasteiger partial charge is 0.343 e. The molecule has 1 N–H and O–H groups in total. The van der Waals surface area contributed by atoms with Gasteiger partial charge in [-0.3, -0.25) is 0 Å². The predicted molar refractivity (Wildman–Crippen MR) is 99.4 cm³/mol. The topological polar surface area (TPSA) is 17.0 Å². The van der Waals surface area contributed by atoms with Crippen molar-refractivity contribution in [2.45, 2.75) is 32.4 Å². The average molecular weight is 327 g/mol. The summed E-state index contributed by atoms with van der Waals surface area (Å²) in [5, 5.41) is 4.99. The van der Waals surface area contributed by atoms with Gasteiger partial charge in [0.1, 0.15) is 0 Å². The average Bonchev–Trinajstić information content (AvgIpc) is 2.91. The van der Waals surface area contributed by atoms with E-state index >= 15 is 0 Å². The number of nitrogens with one attached hydrogen (secondary N) is 1. The number of fused-ring (bicyclic) bond motifs is 3. The zero-order valence-electron chi connectivity index (χ0n) is 13.3. The summed E-state index contributed by atoms with van der Waals surface area (Å²) < 4.78 is 2.54. The summed E-state index contributed by atoms with van der Waals surface area (Å²) in [4.78, 5) is 0. The van der Waals surface area contributed by atoms with Crippen molar-refractivity contribution in [3.8, 4) is 0 Å². The van der Waals surface area contributed by atoms with E-state index in [1.165, 1.54) is 28.6 Å². The van der Waals surface area contributed by atoms with Crippen molar-refractivity contribution in [2.75, 3.05) is 6.54 Å². The second kappa shape index (κ2) is 7.20. The molecule has 120 valence electrons. The molecule has 3 heteroatoms. The molecule has 0 unspecified atom stereocenters. The van der Waals surface area contributed by atoms with Gasteiger partial charge in [-0.15, -0.1) is 12.4 Å². The van der Waals surface area contributed by atoms with E-state index in [4.69, 9.17) is 0 Å². The number of benzene rings is 2. The number of hydrogen-bond donors (Lipinski definition) is 1. The molecule has 4 rings (SSSR count). The van der Waals surface area contributed by atoms with Crippen LogP contribution in [0, 0.1) is 0 Å². The smallest absolute Gasteiger partial charge is 0.0485 e. The molecule has 1 aromatic heterocycles. The Kier molecular flexibility index (Phi) is 5.04. The van der Waals surface area contributed by atoms with Crippen LogP contribution >= 0.6 is 12.4 Å². The molecule has 0 spiro atoms. The predicted octanol–water partition coefficient (Wildman–Crippen LogP) is 4.34. The maximum atomic E-state index is 3.53. The van der Waals surface area contributed by atoms with Crippen LogP contribution in [-0.4, -0.2) is 11.1 Å². The van der Waals surface area contributed by atoms with Crippen LogP contribution < -0.4 is 5.32 Å². The van der Waals surface area contributed by atoms with Gasteiger partial charge in [0.25, 0.3) is 0 Å². The number of aromatic nitrogens is 1. The van der Waals surface area contributed by atoms with E-state index in [1.807, 2.05) is 0 Å². The molecular weight excluding hydrogens is 304 g/mol. The molecule has 0 aliphatic carbocycles. The van der Waals surface area contributed by atoms with Crippen LogP contribution in [-0.2, 0) is 25.9 Å². The minimum Gasteiger partial charge on any atom is -0.343 e. The molecule has 2 aromatic carbocycles. The summed E-state index contributed by atoms with van der Waals surface area (Å²) in [6.45, 7) is 3.22. The molecule has 23 heavy (non-hydrogen) atoms. The molecule has 3 aromatic rings. The van der Waals surface area contributed by atoms with Crippen molar-refractivity contribution in [3.63, 3.8) is 0 Å². The van der Waals surface area contributed by atoms with Gasteiger partial charge in [0.05, 0.1) is 0 Å². The van der Waals surface area contributed by atoms with Gasteiger partial charge in [0.2, 0.25) is 0 Å². The lowest BCUT2D eigenvalue weighted by Gasteiger charge is -2.17. The normalized spacial score (nSPS) is 13.6. The maximum Gasteiger partial charge on any atom is 0.0485 e. The molecule has 0 bridgehead atoms. The standard InChI is InChI=1S/C20H22N2.ClH/c1-2-7-16(8-3-1)9-6-14-22-19-11-5-4-10-17(19)18-12-13-21-15-20(18)22;/h1-5,7-8,10-11,21H,6,9,12-15H2;1H. The first-order valence-electron chi connectivity index (χ1n) is 8.27. The molecule has 0 amide bonds. The van der Waals surface area contributed by atoms with E-state index in [0.717, 1.165) is 32.5 Å². The van der Waals surface area contributed by atoms with Crippen LogP contribution in [0.1, 0.15) is 23.2 Å². The van der Waals surface area contributed by atoms with Crippen LogP contribution in [0.15, 0.2) is 54.6 Å². The quantitative estimate of drug-likeness (QED) is 0.754. The summed E-state index contributed by atoms with van der Waals surface area (Å²) >= 11 is 0. The van der Waals surface area contributed by atoms with E-state index in [-0.39, 0.29) is 12.4 Å². The van der Waals surface area contributed by atoms with Gasteiger partial charge < -0.3 is 9.88 Å². The highest BCUT2D eigenvalue weighted by Crippen LogP contribution is 2.28. The molecule has 1 aliphatic heterocycles. The van der Waals surface area contributed by atoms with Crippen molar-refractivity contribution in [1.82, 2.24) is 9.88 Å². The van der Waals surface area contributed by atoms with Gasteiger partial charge in [0, 0.05) is 29.7 Å². The van der Waals surface area contributed by atoms with E-state index in [0.29, 0.717) is 0 Å². The monoisotopic (exact) mass is 326 g/mol. The van der Waals surface area contributed by atoms with Crippen LogP contribution in [0.5, 0.6) is 0 Å². The third-order valence-corrected chi connectivity index (χ3v) is 4.73. The fourth-order valence-electron chi connectivity index (χ4n) is 3.67. The summed E-state index contributed by atoms with van der Waals surface area (Å²) in [5.41, 5.74) is 5.91. The van der Waals surface area contributed by atoms with Crippen molar-refractivity contribution in [2.24, 2.45) is 0 Å². The van der Waals surface area contributed by atoms with Gasteiger partial charge in [-0.2, -0.15) is 0 Å². The SMILES string of the molecule is Cl.c1ccc(CCCn2c3c(c4ccccc42)CCNC3)cc1. The Bertz CT molecular complexity index is 777. The fourth-order valence-corrected chi connectivity index (χ4v) is 3.67. The minimum absolute atomic E-state index is 0. The summed E-state index contributed by atoms with van der Waals surface area (Å²) in [5.74, 6) is 0. The molecule has 0 radical (unpaired) electrons. The third-order valence-electron chi connectivity index (χ3n) is 4.73. The first-order chi connectivity index (χ1) is 10.9. The Labute approximate surface area is 143 Å². The molecule has 0 saturated carbocycles. The van der Waals surface area contributed by atoms with Crippen molar-refractivity contribution in [1.29, 1.82) is 0 Å². The van der Waals surface area contributed by atoms with Gasteiger partial charge in [-0.1, -0.05) is 48.5 Å². The van der Waals surface area contributed by atoms with Crippen LogP contribution in [0.4, 0.5) is 0 Å². The van der Waals surface area contributed by atoms with Gasteiger partial charge in [0.15, 0.2) is 0 Å². The zero-order chi connectivity index (χ0) is 14.8. The number of rotatable bonds is 4. The fraction of sp³-hybridized carbons (Fsp3) is 0.300. The second-order valence-corrected chi connectivity index (χ2v) is 6.11. The lowest BCUT2D eigenvalue weighted by molar-refractivity contribution is 0.570. The molecule has 0 fully saturated rings. The summed E-state index contributed by atoms with van der Waals surface area (Å²) in [6.07, 6.45) is 3.49. The maximum absolute atomic E-state index is 3.53. The zero-order valence-corrected chi connectivity index (χ0v) is 14.1. The lowest BCUT2D eigenvalue weighted by Crippen LogP contribution is -2.25. The molecule has 0 atom stereocenters. The molecule has 1 aliphatic rings. The summed E-state index contributed by atoms with van der Waals surface area (Å²) in [6, 6.07) is 19.7. The Hall–Kier alpha value is -1.77. The number of aryl methyl sites for hydroxylation is 2. The highest BCUT2D eigenvalue weighted by Gasteiger charge is 2.18. The van der Waals surface area contributed by atoms with Crippen LogP contribution in [0.25, 0.3) is 10.9 Å². The van der Waals surface area contributed by atoms with Crippen molar-refractivity contribution in [3.05, 3.63) is 71.4 Å². The van der Waals surface area contributed by atoms with E-state index < -0.39 is 0 Å².